The summed E-state index contributed by atoms with van der Waals surface area (Å²) in [5.74, 6) is -1.94. The Bertz CT molecular complexity index is 1160. The topological polar surface area (TPSA) is 96.5 Å². The first kappa shape index (κ1) is 27.1. The first-order chi connectivity index (χ1) is 17.3. The van der Waals surface area contributed by atoms with Crippen LogP contribution in [0.25, 0.3) is 10.4 Å². The van der Waals surface area contributed by atoms with E-state index in [0.717, 1.165) is 6.20 Å². The monoisotopic (exact) mass is 551 g/mol. The fourth-order valence-corrected chi connectivity index (χ4v) is 5.15. The van der Waals surface area contributed by atoms with Crippen LogP contribution >= 0.6 is 11.3 Å². The largest absolute Gasteiger partial charge is 0.417 e. The summed E-state index contributed by atoms with van der Waals surface area (Å²) in [6.45, 7) is 1.32. The third-order valence-corrected chi connectivity index (χ3v) is 7.11. The lowest BCUT2D eigenvalue weighted by Gasteiger charge is -2.21. The Morgan fingerprint density at radius 3 is 2.57 bits per heavy atom. The number of aromatic nitrogens is 2. The molecule has 2 amide bonds. The number of rotatable bonds is 6. The lowest BCUT2D eigenvalue weighted by molar-refractivity contribution is -0.137. The minimum Gasteiger partial charge on any atom is -0.379 e. The number of pyridine rings is 1. The van der Waals surface area contributed by atoms with Gasteiger partial charge in [0.1, 0.15) is 18.1 Å². The quantitative estimate of drug-likeness (QED) is 0.519. The maximum absolute atomic E-state index is 14.0. The van der Waals surface area contributed by atoms with Crippen molar-refractivity contribution in [2.45, 2.75) is 50.6 Å². The zero-order valence-electron chi connectivity index (χ0n) is 19.5. The number of hydrogen-bond acceptors (Lipinski definition) is 7. The van der Waals surface area contributed by atoms with Gasteiger partial charge in [0.15, 0.2) is 5.01 Å². The summed E-state index contributed by atoms with van der Waals surface area (Å²) >= 11 is 0.594. The van der Waals surface area contributed by atoms with Gasteiger partial charge in [0.25, 0.3) is 11.8 Å². The van der Waals surface area contributed by atoms with Crippen molar-refractivity contribution in [3.05, 3.63) is 28.5 Å². The van der Waals surface area contributed by atoms with Gasteiger partial charge in [-0.25, -0.2) is 9.97 Å². The Hall–Kier alpha value is -2.94. The minimum absolute atomic E-state index is 0.177. The molecule has 8 nitrogen and oxygen atoms in total. The summed E-state index contributed by atoms with van der Waals surface area (Å²) in [4.78, 5) is 35.3. The molecule has 202 valence electrons. The van der Waals surface area contributed by atoms with Gasteiger partial charge < -0.3 is 20.3 Å². The molecule has 0 saturated carbocycles. The number of ether oxygens (including phenoxy) is 1. The molecule has 0 spiro atoms. The van der Waals surface area contributed by atoms with Crippen LogP contribution in [-0.4, -0.2) is 71.2 Å². The van der Waals surface area contributed by atoms with Gasteiger partial charge in [-0.2, -0.15) is 26.3 Å². The second-order valence-electron chi connectivity index (χ2n) is 8.80. The number of nitrogens with one attached hydrogen (secondary N) is 2. The molecule has 2 aromatic rings. The van der Waals surface area contributed by atoms with Crippen LogP contribution in [-0.2, 0) is 10.9 Å². The van der Waals surface area contributed by atoms with E-state index in [4.69, 9.17) is 4.74 Å². The average molecular weight is 552 g/mol. The predicted octanol–water partition coefficient (Wildman–Crippen LogP) is 4.34. The van der Waals surface area contributed by atoms with Gasteiger partial charge in [-0.15, -0.1) is 11.3 Å². The molecule has 37 heavy (non-hydrogen) atoms. The second kappa shape index (κ2) is 10.4. The molecule has 2 unspecified atom stereocenters. The zero-order valence-corrected chi connectivity index (χ0v) is 20.3. The number of carbonyl (C=O) groups excluding carboxylic acids is 2. The molecule has 2 aromatic heterocycles. The van der Waals surface area contributed by atoms with Gasteiger partial charge in [0.2, 0.25) is 0 Å². The van der Waals surface area contributed by atoms with E-state index in [1.54, 1.807) is 6.92 Å². The third kappa shape index (κ3) is 6.32. The van der Waals surface area contributed by atoms with E-state index in [2.05, 4.69) is 15.3 Å². The number of halogens is 6. The number of nitrogens with zero attached hydrogens (tertiary/aromatic N) is 3. The van der Waals surface area contributed by atoms with Crippen molar-refractivity contribution in [1.29, 1.82) is 0 Å². The molecule has 4 rings (SSSR count). The number of carbonyl (C=O) groups is 2. The number of hydrogen-bond donors (Lipinski definition) is 2. The van der Waals surface area contributed by atoms with Crippen LogP contribution < -0.4 is 10.6 Å². The molecule has 2 atom stereocenters. The highest BCUT2D eigenvalue weighted by Crippen LogP contribution is 2.42. The third-order valence-electron chi connectivity index (χ3n) is 6.03. The average Bonchev–Trinajstić information content (AvgIpc) is 3.57. The van der Waals surface area contributed by atoms with Gasteiger partial charge >= 0.3 is 12.4 Å². The van der Waals surface area contributed by atoms with E-state index >= 15 is 0 Å². The molecule has 0 aliphatic carbocycles. The van der Waals surface area contributed by atoms with E-state index < -0.39 is 47.7 Å². The molecular formula is C22H23F6N5O3S. The summed E-state index contributed by atoms with van der Waals surface area (Å²) in [6.07, 6.45) is -6.97. The predicted molar refractivity (Wildman–Crippen MR) is 121 cm³/mol. The van der Waals surface area contributed by atoms with E-state index in [-0.39, 0.29) is 34.3 Å². The molecule has 4 heterocycles. The van der Waals surface area contributed by atoms with Gasteiger partial charge in [-0.05, 0) is 32.3 Å². The lowest BCUT2D eigenvalue weighted by Crippen LogP contribution is -2.35. The van der Waals surface area contributed by atoms with Gasteiger partial charge in [-0.1, -0.05) is 0 Å². The van der Waals surface area contributed by atoms with Gasteiger partial charge in [0.05, 0.1) is 23.1 Å². The molecule has 2 aliphatic heterocycles. The lowest BCUT2D eigenvalue weighted by atomic mass is 10.1. The van der Waals surface area contributed by atoms with Crippen LogP contribution in [0.1, 0.15) is 52.0 Å². The Morgan fingerprint density at radius 1 is 1.22 bits per heavy atom. The number of alkyl halides is 6. The van der Waals surface area contributed by atoms with Crippen molar-refractivity contribution < 1.29 is 40.7 Å². The Balaban J connectivity index is 1.76. The van der Waals surface area contributed by atoms with Crippen LogP contribution in [0.15, 0.2) is 12.3 Å². The maximum atomic E-state index is 14.0. The summed E-state index contributed by atoms with van der Waals surface area (Å²) in [6, 6.07) is -0.0310. The molecule has 0 bridgehead atoms. The van der Waals surface area contributed by atoms with Crippen LogP contribution in [0.4, 0.5) is 32.2 Å². The maximum Gasteiger partial charge on any atom is 0.417 e. The number of likely N-dealkylation sites (tertiary alicyclic amines) is 1. The summed E-state index contributed by atoms with van der Waals surface area (Å²) < 4.78 is 85.0. The smallest absolute Gasteiger partial charge is 0.379 e. The van der Waals surface area contributed by atoms with E-state index in [9.17, 15) is 35.9 Å². The zero-order chi connectivity index (χ0) is 27.0. The molecule has 2 fully saturated rings. The van der Waals surface area contributed by atoms with Crippen molar-refractivity contribution in [2.24, 2.45) is 0 Å². The SMILES string of the molecule is CC1CCCN1C(=O)c1nc(C(=O)NC2CCOC2)sc1-c1cnc(NCC(F)(F)F)cc1C(F)(F)F. The van der Waals surface area contributed by atoms with Gasteiger partial charge in [-0.3, -0.25) is 9.59 Å². The number of anilines is 1. The van der Waals surface area contributed by atoms with Gasteiger partial charge in [0, 0.05) is 31.0 Å². The Labute approximate surface area is 211 Å². The molecule has 0 aromatic carbocycles. The molecule has 0 radical (unpaired) electrons. The minimum atomic E-state index is -5.00. The standard InChI is InChI=1S/C22H23F6N5O3S/c1-11-3-2-5-33(11)20(35)16-17(37-19(32-16)18(34)31-12-4-6-36-9-12)13-8-29-15(30-10-21(23,24)25)7-14(13)22(26,27)28/h7-8,11-12H,2-6,9-10H2,1H3,(H,29,30)(H,31,34). The van der Waals surface area contributed by atoms with Crippen molar-refractivity contribution in [3.8, 4) is 10.4 Å². The normalized spacial score (nSPS) is 20.4. The highest BCUT2D eigenvalue weighted by atomic mass is 32.1. The summed E-state index contributed by atoms with van der Waals surface area (Å²) in [5, 5.41) is 4.30. The molecular weight excluding hydrogens is 528 g/mol. The molecule has 2 N–H and O–H groups in total. The highest BCUT2D eigenvalue weighted by molar-refractivity contribution is 7.17. The van der Waals surface area contributed by atoms with Crippen molar-refractivity contribution >= 4 is 29.0 Å². The molecule has 2 aliphatic rings. The van der Waals surface area contributed by atoms with Crippen LogP contribution in [0.5, 0.6) is 0 Å². The fraction of sp³-hybridized carbons (Fsp3) is 0.545. The Morgan fingerprint density at radius 2 is 1.97 bits per heavy atom. The van der Waals surface area contributed by atoms with Crippen molar-refractivity contribution in [1.82, 2.24) is 20.2 Å². The fourth-order valence-electron chi connectivity index (χ4n) is 4.17. The van der Waals surface area contributed by atoms with E-state index in [0.29, 0.717) is 49.8 Å². The number of thiazole rings is 1. The van der Waals surface area contributed by atoms with Crippen LogP contribution in [0, 0.1) is 0 Å². The van der Waals surface area contributed by atoms with Crippen LogP contribution in [0.2, 0.25) is 0 Å². The first-order valence-electron chi connectivity index (χ1n) is 11.4. The van der Waals surface area contributed by atoms with E-state index in [1.807, 2.05) is 5.32 Å². The summed E-state index contributed by atoms with van der Waals surface area (Å²) in [5.41, 5.74) is -2.20. The second-order valence-corrected chi connectivity index (χ2v) is 9.80. The number of amides is 2. The first-order valence-corrected chi connectivity index (χ1v) is 12.2. The van der Waals surface area contributed by atoms with Crippen molar-refractivity contribution in [3.63, 3.8) is 0 Å². The summed E-state index contributed by atoms with van der Waals surface area (Å²) in [7, 11) is 0. The molecule has 15 heteroatoms. The van der Waals surface area contributed by atoms with Crippen LogP contribution in [0.3, 0.4) is 0 Å². The molecule has 2 saturated heterocycles. The van der Waals surface area contributed by atoms with E-state index in [1.165, 1.54) is 4.90 Å². The highest BCUT2D eigenvalue weighted by Gasteiger charge is 2.39. The Kier molecular flexibility index (Phi) is 7.65. The van der Waals surface area contributed by atoms with Crippen molar-refractivity contribution in [2.75, 3.05) is 31.6 Å².